The first kappa shape index (κ1) is 28.9. The summed E-state index contributed by atoms with van der Waals surface area (Å²) in [5.74, 6) is 0.223. The summed E-state index contributed by atoms with van der Waals surface area (Å²) in [6, 6.07) is 34.4. The number of thioether (sulfide) groups is 1. The minimum Gasteiger partial charge on any atom is -0.458 e. The number of anilines is 1. The fourth-order valence-electron chi connectivity index (χ4n) is 4.86. The first-order chi connectivity index (χ1) is 20.2. The standard InChI is InChI=1S/C33H32N4O4S/c1-32(2,3)41-30(38)29(36-31-34-27-20-19-26(37(39)40)21-28(27)35-31)22-42-33(23-13-7-4-8-14-23,24-15-9-5-10-16-24)25-17-11-6-12-18-25/h4-21,29H,22H2,1-3H3,(H2,34,35,36)/t29-/m0/s1. The second-order valence-electron chi connectivity index (χ2n) is 10.9. The predicted octanol–water partition coefficient (Wildman–Crippen LogP) is 7.32. The van der Waals surface area contributed by atoms with Crippen LogP contribution in [0, 0.1) is 10.1 Å². The maximum atomic E-state index is 13.6. The van der Waals surface area contributed by atoms with Gasteiger partial charge in [0.2, 0.25) is 5.95 Å². The second kappa shape index (κ2) is 12.1. The van der Waals surface area contributed by atoms with Gasteiger partial charge in [0.15, 0.2) is 0 Å². The third kappa shape index (κ3) is 6.31. The van der Waals surface area contributed by atoms with E-state index in [4.69, 9.17) is 4.74 Å². The van der Waals surface area contributed by atoms with Gasteiger partial charge in [-0.2, -0.15) is 0 Å². The van der Waals surface area contributed by atoms with E-state index in [9.17, 15) is 14.9 Å². The SMILES string of the molecule is CC(C)(C)OC(=O)[C@H](CSC(c1ccccc1)(c1ccccc1)c1ccccc1)Nc1nc2ccc([N+](=O)[O-])cc2[nH]1. The van der Waals surface area contributed by atoms with Crippen LogP contribution in [0.2, 0.25) is 0 Å². The normalized spacial score (nSPS) is 12.5. The third-order valence-corrected chi connectivity index (χ3v) is 8.33. The van der Waals surface area contributed by atoms with Crippen LogP contribution in [0.25, 0.3) is 11.0 Å². The molecule has 0 radical (unpaired) electrons. The summed E-state index contributed by atoms with van der Waals surface area (Å²) < 4.78 is 5.19. The van der Waals surface area contributed by atoms with Crippen molar-refractivity contribution in [2.24, 2.45) is 0 Å². The van der Waals surface area contributed by atoms with Crippen LogP contribution < -0.4 is 5.32 Å². The monoisotopic (exact) mass is 580 g/mol. The Morgan fingerprint density at radius 1 is 0.905 bits per heavy atom. The Bertz CT molecular complexity index is 1570. The lowest BCUT2D eigenvalue weighted by Gasteiger charge is -2.36. The highest BCUT2D eigenvalue weighted by molar-refractivity contribution is 8.00. The molecule has 5 rings (SSSR count). The molecule has 5 aromatic rings. The van der Waals surface area contributed by atoms with Crippen LogP contribution in [0.15, 0.2) is 109 Å². The number of ether oxygens (including phenoxy) is 1. The van der Waals surface area contributed by atoms with E-state index in [1.165, 1.54) is 12.1 Å². The van der Waals surface area contributed by atoms with Crippen molar-refractivity contribution in [3.05, 3.63) is 136 Å². The van der Waals surface area contributed by atoms with Crippen LogP contribution in [0.4, 0.5) is 11.6 Å². The second-order valence-corrected chi connectivity index (χ2v) is 12.1. The molecular weight excluding hydrogens is 548 g/mol. The molecule has 9 heteroatoms. The van der Waals surface area contributed by atoms with Crippen molar-refractivity contribution in [2.45, 2.75) is 37.2 Å². The number of nitro groups is 1. The number of aromatic amines is 1. The molecule has 0 bridgehead atoms. The third-order valence-electron chi connectivity index (χ3n) is 6.69. The van der Waals surface area contributed by atoms with Crippen LogP contribution >= 0.6 is 11.8 Å². The molecular formula is C33H32N4O4S. The molecule has 42 heavy (non-hydrogen) atoms. The zero-order valence-electron chi connectivity index (χ0n) is 23.6. The highest BCUT2D eigenvalue weighted by Crippen LogP contribution is 2.48. The molecule has 1 aromatic heterocycles. The molecule has 1 atom stereocenters. The van der Waals surface area contributed by atoms with Crippen LogP contribution in [0.5, 0.6) is 0 Å². The van der Waals surface area contributed by atoms with Crippen molar-refractivity contribution < 1.29 is 14.5 Å². The molecule has 4 aromatic carbocycles. The van der Waals surface area contributed by atoms with Crippen LogP contribution in [-0.4, -0.2) is 38.3 Å². The van der Waals surface area contributed by atoms with Gasteiger partial charge in [0.1, 0.15) is 11.6 Å². The van der Waals surface area contributed by atoms with E-state index < -0.39 is 27.3 Å². The number of carbonyl (C=O) groups is 1. The summed E-state index contributed by atoms with van der Waals surface area (Å²) in [7, 11) is 0. The van der Waals surface area contributed by atoms with Gasteiger partial charge in [-0.1, -0.05) is 91.0 Å². The number of nitrogens with one attached hydrogen (secondary N) is 2. The Hall–Kier alpha value is -4.63. The molecule has 0 fully saturated rings. The summed E-state index contributed by atoms with van der Waals surface area (Å²) in [4.78, 5) is 32.1. The van der Waals surface area contributed by atoms with E-state index in [1.54, 1.807) is 17.8 Å². The van der Waals surface area contributed by atoms with Crippen molar-refractivity contribution in [1.82, 2.24) is 9.97 Å². The van der Waals surface area contributed by atoms with Gasteiger partial charge in [0.25, 0.3) is 5.69 Å². The van der Waals surface area contributed by atoms with Crippen molar-refractivity contribution in [3.63, 3.8) is 0 Å². The number of nitrogens with zero attached hydrogens (tertiary/aromatic N) is 2. The average molecular weight is 581 g/mol. The fourth-order valence-corrected chi connectivity index (χ4v) is 6.41. The van der Waals surface area contributed by atoms with E-state index >= 15 is 0 Å². The van der Waals surface area contributed by atoms with Gasteiger partial charge in [0.05, 0.1) is 20.7 Å². The lowest BCUT2D eigenvalue weighted by molar-refractivity contribution is -0.384. The van der Waals surface area contributed by atoms with E-state index in [0.717, 1.165) is 16.7 Å². The molecule has 2 N–H and O–H groups in total. The van der Waals surface area contributed by atoms with Gasteiger partial charge in [0, 0.05) is 17.9 Å². The van der Waals surface area contributed by atoms with E-state index in [-0.39, 0.29) is 5.69 Å². The number of rotatable bonds is 10. The lowest BCUT2D eigenvalue weighted by atomic mass is 9.84. The van der Waals surface area contributed by atoms with E-state index in [1.807, 2.05) is 75.4 Å². The van der Waals surface area contributed by atoms with E-state index in [0.29, 0.717) is 22.7 Å². The van der Waals surface area contributed by atoms with Gasteiger partial charge < -0.3 is 15.0 Å². The van der Waals surface area contributed by atoms with Crippen molar-refractivity contribution >= 4 is 40.4 Å². The maximum absolute atomic E-state index is 13.6. The first-order valence-electron chi connectivity index (χ1n) is 13.6. The number of hydrogen-bond donors (Lipinski definition) is 2. The number of esters is 1. The molecule has 0 aliphatic carbocycles. The minimum atomic E-state index is -0.791. The predicted molar refractivity (Wildman–Crippen MR) is 168 cm³/mol. The summed E-state index contributed by atoms with van der Waals surface area (Å²) >= 11 is 1.63. The Morgan fingerprint density at radius 2 is 1.43 bits per heavy atom. The molecule has 0 unspecified atom stereocenters. The maximum Gasteiger partial charge on any atom is 0.330 e. The Morgan fingerprint density at radius 3 is 1.90 bits per heavy atom. The van der Waals surface area contributed by atoms with Crippen LogP contribution in [0.1, 0.15) is 37.5 Å². The zero-order valence-corrected chi connectivity index (χ0v) is 24.4. The Kier molecular flexibility index (Phi) is 8.31. The number of non-ortho nitro benzene ring substituents is 1. The van der Waals surface area contributed by atoms with Crippen molar-refractivity contribution in [3.8, 4) is 0 Å². The summed E-state index contributed by atoms with van der Waals surface area (Å²) in [5.41, 5.74) is 3.52. The van der Waals surface area contributed by atoms with Gasteiger partial charge in [-0.3, -0.25) is 10.1 Å². The molecule has 0 saturated carbocycles. The van der Waals surface area contributed by atoms with Crippen molar-refractivity contribution in [1.29, 1.82) is 0 Å². The van der Waals surface area contributed by atoms with Crippen molar-refractivity contribution in [2.75, 3.05) is 11.1 Å². The smallest absolute Gasteiger partial charge is 0.330 e. The summed E-state index contributed by atoms with van der Waals surface area (Å²) in [6.45, 7) is 5.49. The topological polar surface area (TPSA) is 110 Å². The summed E-state index contributed by atoms with van der Waals surface area (Å²) in [5, 5.41) is 14.5. The molecule has 0 aliphatic rings. The Balaban J connectivity index is 1.56. The number of benzene rings is 4. The summed E-state index contributed by atoms with van der Waals surface area (Å²) in [6.07, 6.45) is 0. The molecule has 0 saturated heterocycles. The Labute approximate surface area is 248 Å². The largest absolute Gasteiger partial charge is 0.458 e. The zero-order chi connectivity index (χ0) is 29.7. The van der Waals surface area contributed by atoms with Crippen LogP contribution in [-0.2, 0) is 14.3 Å². The minimum absolute atomic E-state index is 0.0460. The number of fused-ring (bicyclic) bond motifs is 1. The molecule has 0 amide bonds. The molecule has 214 valence electrons. The van der Waals surface area contributed by atoms with Gasteiger partial charge in [-0.15, -0.1) is 11.8 Å². The highest BCUT2D eigenvalue weighted by Gasteiger charge is 2.39. The number of aromatic nitrogens is 2. The highest BCUT2D eigenvalue weighted by atomic mass is 32.2. The van der Waals surface area contributed by atoms with E-state index in [2.05, 4.69) is 51.7 Å². The van der Waals surface area contributed by atoms with Crippen LogP contribution in [0.3, 0.4) is 0 Å². The quantitative estimate of drug-likeness (QED) is 0.0771. The fraction of sp³-hybridized carbons (Fsp3) is 0.212. The number of hydrogen-bond acceptors (Lipinski definition) is 7. The molecule has 1 heterocycles. The molecule has 0 aliphatic heterocycles. The number of nitro benzene ring substituents is 1. The average Bonchev–Trinajstić information content (AvgIpc) is 3.39. The number of H-pyrrole nitrogens is 1. The first-order valence-corrected chi connectivity index (χ1v) is 14.6. The van der Waals surface area contributed by atoms with Gasteiger partial charge in [-0.25, -0.2) is 9.78 Å². The number of imidazole rings is 1. The number of carbonyl (C=O) groups excluding carboxylic acids is 1. The van der Waals surface area contributed by atoms with Gasteiger partial charge >= 0.3 is 5.97 Å². The molecule has 8 nitrogen and oxygen atoms in total. The van der Waals surface area contributed by atoms with Gasteiger partial charge in [-0.05, 0) is 43.5 Å². The molecule has 0 spiro atoms. The lowest BCUT2D eigenvalue weighted by Crippen LogP contribution is -2.40.